The first kappa shape index (κ1) is 36.6. The maximum Gasteiger partial charge on any atom is 0.286 e. The number of carbonyl (C=O) groups is 1. The first-order valence-electron chi connectivity index (χ1n) is 17.6. The number of hydrogen-bond acceptors (Lipinski definition) is 11. The lowest BCUT2D eigenvalue weighted by Crippen LogP contribution is -2.46. The Bertz CT molecular complexity index is 1810. The quantitative estimate of drug-likeness (QED) is 0.0761. The molecule has 4 aromatic rings. The lowest BCUT2D eigenvalue weighted by molar-refractivity contribution is -0.385. The van der Waals surface area contributed by atoms with E-state index in [-0.39, 0.29) is 46.1 Å². The Morgan fingerprint density at radius 2 is 1.73 bits per heavy atom. The number of aromatic amines is 1. The van der Waals surface area contributed by atoms with Crippen molar-refractivity contribution in [2.24, 2.45) is 0 Å². The van der Waals surface area contributed by atoms with Crippen LogP contribution in [0.3, 0.4) is 0 Å². The van der Waals surface area contributed by atoms with Crippen LogP contribution in [0.1, 0.15) is 44.0 Å². The number of piperazine rings is 1. The van der Waals surface area contributed by atoms with Crippen molar-refractivity contribution in [3.05, 3.63) is 70.3 Å². The van der Waals surface area contributed by atoms with Crippen molar-refractivity contribution in [2.75, 3.05) is 69.6 Å². The minimum Gasteiger partial charge on any atom is -0.493 e. The number of anilines is 1. The lowest BCUT2D eigenvalue weighted by atomic mass is 10.1. The normalized spacial score (nSPS) is 16.6. The average molecular weight is 735 g/mol. The summed E-state index contributed by atoms with van der Waals surface area (Å²) in [7, 11) is 1.44. The molecule has 0 unspecified atom stereocenters. The molecule has 3 aromatic carbocycles. The number of imidazole rings is 1. The van der Waals surface area contributed by atoms with Gasteiger partial charge in [-0.25, -0.2) is 4.98 Å². The zero-order chi connectivity index (χ0) is 35.9. The second-order valence-corrected chi connectivity index (χ2v) is 15.5. The largest absolute Gasteiger partial charge is 0.493 e. The van der Waals surface area contributed by atoms with Crippen molar-refractivity contribution in [1.29, 1.82) is 0 Å². The summed E-state index contributed by atoms with van der Waals surface area (Å²) >= 11 is 3.63. The number of rotatable bonds is 15. The topological polar surface area (TPSA) is 126 Å². The molecular formula is C37H46N6O6S2. The number of aromatic nitrogens is 2. The van der Waals surface area contributed by atoms with Gasteiger partial charge in [0.25, 0.3) is 11.6 Å². The number of methoxy groups -OCH3 is 1. The van der Waals surface area contributed by atoms with Gasteiger partial charge in [0.05, 0.1) is 39.8 Å². The van der Waals surface area contributed by atoms with Gasteiger partial charge in [-0.2, -0.15) is 0 Å². The number of hydrogen-bond donors (Lipinski definition) is 1. The summed E-state index contributed by atoms with van der Waals surface area (Å²) in [5, 5.41) is 12.2. The molecule has 272 valence electrons. The predicted octanol–water partition coefficient (Wildman–Crippen LogP) is 7.14. The zero-order valence-electron chi connectivity index (χ0n) is 29.6. The number of carbonyl (C=O) groups excluding carboxylic acids is 1. The zero-order valence-corrected chi connectivity index (χ0v) is 31.3. The smallest absolute Gasteiger partial charge is 0.286 e. The fourth-order valence-electron chi connectivity index (χ4n) is 6.75. The molecule has 2 aliphatic heterocycles. The van der Waals surface area contributed by atoms with E-state index in [1.54, 1.807) is 4.90 Å². The van der Waals surface area contributed by atoms with Gasteiger partial charge in [0.2, 0.25) is 6.79 Å². The molecule has 14 heteroatoms. The molecule has 2 aliphatic rings. The van der Waals surface area contributed by atoms with E-state index in [0.29, 0.717) is 12.3 Å². The number of amides is 1. The van der Waals surface area contributed by atoms with Crippen LogP contribution in [0.2, 0.25) is 0 Å². The Morgan fingerprint density at radius 3 is 2.39 bits per heavy atom. The molecule has 1 aromatic heterocycles. The lowest BCUT2D eigenvalue weighted by Gasteiger charge is -2.35. The van der Waals surface area contributed by atoms with Crippen LogP contribution in [0, 0.1) is 10.1 Å². The van der Waals surface area contributed by atoms with Gasteiger partial charge in [-0.05, 0) is 73.4 Å². The minimum atomic E-state index is -0.546. The van der Waals surface area contributed by atoms with E-state index in [2.05, 4.69) is 53.8 Å². The van der Waals surface area contributed by atoms with E-state index in [0.717, 1.165) is 79.5 Å². The van der Waals surface area contributed by atoms with E-state index in [9.17, 15) is 14.9 Å². The third-order valence-corrected chi connectivity index (χ3v) is 12.2. The van der Waals surface area contributed by atoms with Gasteiger partial charge in [-0.1, -0.05) is 20.8 Å². The molecule has 6 rings (SSSR count). The van der Waals surface area contributed by atoms with Gasteiger partial charge in [0.1, 0.15) is 17.1 Å². The molecule has 0 aliphatic carbocycles. The van der Waals surface area contributed by atoms with Crippen LogP contribution in [0.25, 0.3) is 22.4 Å². The van der Waals surface area contributed by atoms with E-state index < -0.39 is 4.92 Å². The summed E-state index contributed by atoms with van der Waals surface area (Å²) in [5.74, 6) is 3.15. The monoisotopic (exact) mass is 734 g/mol. The summed E-state index contributed by atoms with van der Waals surface area (Å²) in [6.07, 6.45) is 1.74. The van der Waals surface area contributed by atoms with Crippen molar-refractivity contribution in [2.45, 2.75) is 44.2 Å². The number of H-pyrrole nitrogens is 1. The van der Waals surface area contributed by atoms with Gasteiger partial charge in [0, 0.05) is 50.0 Å². The van der Waals surface area contributed by atoms with E-state index in [1.807, 2.05) is 47.8 Å². The Morgan fingerprint density at radius 1 is 0.980 bits per heavy atom. The van der Waals surface area contributed by atoms with Crippen LogP contribution in [-0.4, -0.2) is 106 Å². The Hall–Kier alpha value is -4.14. The van der Waals surface area contributed by atoms with Crippen LogP contribution < -0.4 is 19.1 Å². The van der Waals surface area contributed by atoms with Gasteiger partial charge in [-0.3, -0.25) is 14.9 Å². The third kappa shape index (κ3) is 8.34. The van der Waals surface area contributed by atoms with Crippen LogP contribution >= 0.6 is 23.5 Å². The fraction of sp³-hybridized carbons (Fsp3) is 0.459. The molecule has 2 fully saturated rings. The summed E-state index contributed by atoms with van der Waals surface area (Å²) in [4.78, 5) is 40.4. The minimum absolute atomic E-state index is 0.00497. The molecular weight excluding hydrogens is 689 g/mol. The molecule has 3 heterocycles. The number of nitrogens with zero attached hydrogens (tertiary/aromatic N) is 5. The molecule has 1 amide bonds. The summed E-state index contributed by atoms with van der Waals surface area (Å²) in [6.45, 7) is 12.0. The average Bonchev–Trinajstić information content (AvgIpc) is 3.82. The Kier molecular flexibility index (Phi) is 12.2. The number of likely N-dealkylation sites (tertiary alicyclic amines) is 1. The molecule has 2 saturated heterocycles. The van der Waals surface area contributed by atoms with Gasteiger partial charge in [-0.15, -0.1) is 23.5 Å². The number of benzene rings is 3. The number of fused-ring (bicyclic) bond motifs is 1. The van der Waals surface area contributed by atoms with Crippen molar-refractivity contribution < 1.29 is 23.9 Å². The van der Waals surface area contributed by atoms with Crippen molar-refractivity contribution in [3.63, 3.8) is 0 Å². The SMILES string of the molecule is CCSC(SCC)[C@@H]1CCCN1C(=O)c1cc(OC)c(OCOc2ccc(-c3nc4ccc(N5CCN(CC)CC5)cc4[nH]3)cc2)cc1[N+](=O)[O-]. The molecule has 0 bridgehead atoms. The standard InChI is InChI=1S/C37H46N6O6S2/c1-5-40-17-19-41(20-18-40)26-12-15-29-30(21-26)39-35(38-29)25-10-13-27(14-11-25)48-24-49-34-23-32(43(45)46)28(22-33(34)47-4)36(44)42-16-8-9-31(42)37(50-6-2)51-7-3/h10-15,21-23,31,37H,5-9,16-20,24H2,1-4H3,(H,38,39)/t31-/m0/s1. The number of nitrogens with one attached hydrogen (secondary N) is 1. The molecule has 1 atom stereocenters. The highest BCUT2D eigenvalue weighted by Crippen LogP contribution is 2.39. The number of nitro benzene ring substituents is 1. The molecule has 51 heavy (non-hydrogen) atoms. The molecule has 12 nitrogen and oxygen atoms in total. The Balaban J connectivity index is 1.11. The van der Waals surface area contributed by atoms with Gasteiger partial charge < -0.3 is 33.9 Å². The Labute approximate surface area is 307 Å². The van der Waals surface area contributed by atoms with Crippen molar-refractivity contribution >= 4 is 51.8 Å². The van der Waals surface area contributed by atoms with Gasteiger partial charge >= 0.3 is 0 Å². The van der Waals surface area contributed by atoms with E-state index >= 15 is 0 Å². The first-order chi connectivity index (χ1) is 24.8. The molecule has 1 N–H and O–H groups in total. The highest BCUT2D eigenvalue weighted by atomic mass is 32.2. The number of thioether (sulfide) groups is 2. The van der Waals surface area contributed by atoms with Crippen LogP contribution in [0.4, 0.5) is 11.4 Å². The number of ether oxygens (including phenoxy) is 3. The fourth-order valence-corrected chi connectivity index (χ4v) is 9.62. The first-order valence-corrected chi connectivity index (χ1v) is 19.7. The molecule has 0 radical (unpaired) electrons. The summed E-state index contributed by atoms with van der Waals surface area (Å²) in [6, 6.07) is 16.5. The van der Waals surface area contributed by atoms with Crippen LogP contribution in [0.15, 0.2) is 54.6 Å². The summed E-state index contributed by atoms with van der Waals surface area (Å²) < 4.78 is 17.4. The maximum absolute atomic E-state index is 13.8. The van der Waals surface area contributed by atoms with Crippen LogP contribution in [-0.2, 0) is 0 Å². The maximum atomic E-state index is 13.8. The highest BCUT2D eigenvalue weighted by Gasteiger charge is 2.38. The van der Waals surface area contributed by atoms with Crippen molar-refractivity contribution in [1.82, 2.24) is 19.8 Å². The highest BCUT2D eigenvalue weighted by molar-refractivity contribution is 8.17. The van der Waals surface area contributed by atoms with Gasteiger partial charge in [0.15, 0.2) is 11.5 Å². The second kappa shape index (κ2) is 16.9. The second-order valence-electron chi connectivity index (χ2n) is 12.4. The van der Waals surface area contributed by atoms with E-state index in [4.69, 9.17) is 19.2 Å². The number of nitro groups is 1. The van der Waals surface area contributed by atoms with E-state index in [1.165, 1.54) is 24.9 Å². The molecule has 0 saturated carbocycles. The number of likely N-dealkylation sites (N-methyl/N-ethyl adjacent to an activating group) is 1. The van der Waals surface area contributed by atoms with Crippen molar-refractivity contribution in [3.8, 4) is 28.6 Å². The third-order valence-electron chi connectivity index (χ3n) is 9.46. The predicted molar refractivity (Wildman–Crippen MR) is 206 cm³/mol. The summed E-state index contributed by atoms with van der Waals surface area (Å²) in [5.41, 5.74) is 3.66. The van der Waals surface area contributed by atoms with Crippen LogP contribution in [0.5, 0.6) is 17.2 Å². The molecule has 0 spiro atoms.